The van der Waals surface area contributed by atoms with E-state index in [2.05, 4.69) is 16.0 Å². The standard InChI is InChI=1S/C25H32N4O6/c1-2-20(28-23(33)19(26)14-17-8-10-18(30)11-9-17)25(35)29-21(15-16-6-4-3-5-7-16)24(34)27-13-12-22(31)32/h3-11,19-21,30H,2,12-15,26H2,1H3,(H,27,34)(H,28,33)(H,29,35)(H,31,32)/t19-,20+,21-/m0/s1. The number of aromatic hydroxyl groups is 1. The third-order valence-corrected chi connectivity index (χ3v) is 5.32. The van der Waals surface area contributed by atoms with Gasteiger partial charge in [0.05, 0.1) is 12.5 Å². The van der Waals surface area contributed by atoms with Gasteiger partial charge in [-0.05, 0) is 36.1 Å². The fraction of sp³-hybridized carbons (Fsp3) is 0.360. The first-order valence-electron chi connectivity index (χ1n) is 11.4. The number of rotatable bonds is 13. The van der Waals surface area contributed by atoms with E-state index in [-0.39, 0.29) is 38.0 Å². The zero-order chi connectivity index (χ0) is 25.8. The number of carbonyl (C=O) groups is 4. The highest BCUT2D eigenvalue weighted by Gasteiger charge is 2.27. The van der Waals surface area contributed by atoms with E-state index in [9.17, 15) is 24.3 Å². The number of benzene rings is 2. The Balaban J connectivity index is 2.02. The average molecular weight is 485 g/mol. The van der Waals surface area contributed by atoms with E-state index in [0.29, 0.717) is 0 Å². The summed E-state index contributed by atoms with van der Waals surface area (Å²) in [4.78, 5) is 49.0. The van der Waals surface area contributed by atoms with Gasteiger partial charge in [0.2, 0.25) is 17.7 Å². The number of carboxylic acids is 1. The number of carbonyl (C=O) groups excluding carboxylic acids is 3. The summed E-state index contributed by atoms with van der Waals surface area (Å²) < 4.78 is 0. The van der Waals surface area contributed by atoms with Crippen molar-refractivity contribution < 1.29 is 29.4 Å². The van der Waals surface area contributed by atoms with Crippen LogP contribution in [0.2, 0.25) is 0 Å². The molecule has 0 saturated carbocycles. The fourth-order valence-electron chi connectivity index (χ4n) is 3.36. The minimum atomic E-state index is -1.05. The van der Waals surface area contributed by atoms with Gasteiger partial charge in [0, 0.05) is 13.0 Å². The predicted molar refractivity (Wildman–Crippen MR) is 129 cm³/mol. The van der Waals surface area contributed by atoms with Gasteiger partial charge < -0.3 is 31.9 Å². The summed E-state index contributed by atoms with van der Waals surface area (Å²) in [7, 11) is 0. The van der Waals surface area contributed by atoms with E-state index in [1.165, 1.54) is 12.1 Å². The summed E-state index contributed by atoms with van der Waals surface area (Å²) in [6, 6.07) is 12.6. The van der Waals surface area contributed by atoms with Crippen molar-refractivity contribution >= 4 is 23.7 Å². The molecule has 0 unspecified atom stereocenters. The van der Waals surface area contributed by atoms with Gasteiger partial charge in [-0.1, -0.05) is 49.4 Å². The second kappa shape index (κ2) is 13.7. The number of phenolic OH excluding ortho intramolecular Hbond substituents is 1. The Bertz CT molecular complexity index is 997. The maximum Gasteiger partial charge on any atom is 0.305 e. The summed E-state index contributed by atoms with van der Waals surface area (Å²) in [5.41, 5.74) is 7.56. The van der Waals surface area contributed by atoms with Crippen LogP contribution >= 0.6 is 0 Å². The molecule has 0 spiro atoms. The molecule has 0 bridgehead atoms. The molecular weight excluding hydrogens is 452 g/mol. The summed E-state index contributed by atoms with van der Waals surface area (Å²) in [6.07, 6.45) is 0.426. The van der Waals surface area contributed by atoms with Crippen molar-refractivity contribution in [1.82, 2.24) is 16.0 Å². The van der Waals surface area contributed by atoms with Crippen molar-refractivity contribution in [2.45, 2.75) is 50.7 Å². The molecule has 7 N–H and O–H groups in total. The number of carboxylic acid groups (broad SMARTS) is 1. The van der Waals surface area contributed by atoms with Crippen molar-refractivity contribution in [2.24, 2.45) is 5.73 Å². The molecule has 3 atom stereocenters. The molecule has 35 heavy (non-hydrogen) atoms. The summed E-state index contributed by atoms with van der Waals surface area (Å²) in [5, 5.41) is 26.0. The number of hydrogen-bond acceptors (Lipinski definition) is 6. The van der Waals surface area contributed by atoms with Crippen LogP contribution in [0.25, 0.3) is 0 Å². The van der Waals surface area contributed by atoms with Crippen LogP contribution in [0.5, 0.6) is 5.75 Å². The fourth-order valence-corrected chi connectivity index (χ4v) is 3.36. The van der Waals surface area contributed by atoms with Gasteiger partial charge in [0.1, 0.15) is 17.8 Å². The molecule has 0 saturated heterocycles. The van der Waals surface area contributed by atoms with Gasteiger partial charge in [-0.2, -0.15) is 0 Å². The number of aliphatic carboxylic acids is 1. The Labute approximate surface area is 203 Å². The highest BCUT2D eigenvalue weighted by atomic mass is 16.4. The third-order valence-electron chi connectivity index (χ3n) is 5.32. The second-order valence-electron chi connectivity index (χ2n) is 8.13. The molecule has 0 heterocycles. The van der Waals surface area contributed by atoms with Gasteiger partial charge in [-0.25, -0.2) is 0 Å². The molecule has 2 aromatic carbocycles. The number of nitrogens with one attached hydrogen (secondary N) is 3. The molecular formula is C25H32N4O6. The first-order chi connectivity index (χ1) is 16.7. The van der Waals surface area contributed by atoms with Crippen molar-refractivity contribution in [3.05, 3.63) is 65.7 Å². The lowest BCUT2D eigenvalue weighted by Crippen LogP contribution is -2.56. The Hall–Kier alpha value is -3.92. The minimum absolute atomic E-state index is 0.0740. The van der Waals surface area contributed by atoms with Crippen LogP contribution in [0.4, 0.5) is 0 Å². The normalized spacial score (nSPS) is 13.2. The van der Waals surface area contributed by atoms with E-state index in [0.717, 1.165) is 11.1 Å². The molecule has 188 valence electrons. The topological polar surface area (TPSA) is 171 Å². The summed E-state index contributed by atoms with van der Waals surface area (Å²) >= 11 is 0. The number of amides is 3. The maximum atomic E-state index is 12.9. The molecule has 0 aromatic heterocycles. The molecule has 10 nitrogen and oxygen atoms in total. The van der Waals surface area contributed by atoms with E-state index in [1.807, 2.05) is 18.2 Å². The molecule has 0 aliphatic carbocycles. The highest BCUT2D eigenvalue weighted by Crippen LogP contribution is 2.11. The minimum Gasteiger partial charge on any atom is -0.508 e. The van der Waals surface area contributed by atoms with E-state index >= 15 is 0 Å². The largest absolute Gasteiger partial charge is 0.508 e. The molecule has 0 aliphatic heterocycles. The van der Waals surface area contributed by atoms with Gasteiger partial charge >= 0.3 is 5.97 Å². The SMILES string of the molecule is CC[C@@H](NC(=O)[C@@H](N)Cc1ccc(O)cc1)C(=O)N[C@@H](Cc1ccccc1)C(=O)NCCC(=O)O. The lowest BCUT2D eigenvalue weighted by molar-refractivity contribution is -0.137. The van der Waals surface area contributed by atoms with Crippen molar-refractivity contribution in [2.75, 3.05) is 6.54 Å². The lowest BCUT2D eigenvalue weighted by Gasteiger charge is -2.23. The zero-order valence-electron chi connectivity index (χ0n) is 19.6. The van der Waals surface area contributed by atoms with Gasteiger partial charge in [0.15, 0.2) is 0 Å². The van der Waals surface area contributed by atoms with Crippen LogP contribution < -0.4 is 21.7 Å². The molecule has 2 aromatic rings. The van der Waals surface area contributed by atoms with Crippen LogP contribution in [0.15, 0.2) is 54.6 Å². The summed E-state index contributed by atoms with van der Waals surface area (Å²) in [6.45, 7) is 1.64. The molecule has 0 aliphatic rings. The van der Waals surface area contributed by atoms with E-state index in [1.54, 1.807) is 31.2 Å². The lowest BCUT2D eigenvalue weighted by atomic mass is 10.0. The van der Waals surface area contributed by atoms with Crippen LogP contribution in [-0.2, 0) is 32.0 Å². The monoisotopic (exact) mass is 484 g/mol. The average Bonchev–Trinajstić information content (AvgIpc) is 2.83. The van der Waals surface area contributed by atoms with Crippen molar-refractivity contribution in [1.29, 1.82) is 0 Å². The number of nitrogens with two attached hydrogens (primary N) is 1. The smallest absolute Gasteiger partial charge is 0.305 e. The molecule has 0 fully saturated rings. The van der Waals surface area contributed by atoms with E-state index in [4.69, 9.17) is 10.8 Å². The Morgan fingerprint density at radius 1 is 0.829 bits per heavy atom. The first kappa shape index (κ1) is 27.3. The quantitative estimate of drug-likeness (QED) is 0.240. The Morgan fingerprint density at radius 2 is 1.43 bits per heavy atom. The molecule has 10 heteroatoms. The first-order valence-corrected chi connectivity index (χ1v) is 11.4. The van der Waals surface area contributed by atoms with Crippen molar-refractivity contribution in [3.63, 3.8) is 0 Å². The van der Waals surface area contributed by atoms with Crippen LogP contribution in [0, 0.1) is 0 Å². The maximum absolute atomic E-state index is 12.9. The third kappa shape index (κ3) is 9.46. The molecule has 0 radical (unpaired) electrons. The van der Waals surface area contributed by atoms with Gasteiger partial charge in [0.25, 0.3) is 0 Å². The highest BCUT2D eigenvalue weighted by molar-refractivity contribution is 5.93. The second-order valence-corrected chi connectivity index (χ2v) is 8.13. The number of phenols is 1. The number of hydrogen-bond donors (Lipinski definition) is 6. The molecule has 2 rings (SSSR count). The van der Waals surface area contributed by atoms with E-state index < -0.39 is 41.8 Å². The van der Waals surface area contributed by atoms with Gasteiger partial charge in [-0.15, -0.1) is 0 Å². The van der Waals surface area contributed by atoms with Crippen molar-refractivity contribution in [3.8, 4) is 5.75 Å². The van der Waals surface area contributed by atoms with Crippen LogP contribution in [0.3, 0.4) is 0 Å². The Kier molecular flexibility index (Phi) is 10.7. The zero-order valence-corrected chi connectivity index (χ0v) is 19.6. The van der Waals surface area contributed by atoms with Crippen LogP contribution in [0.1, 0.15) is 30.9 Å². The summed E-state index contributed by atoms with van der Waals surface area (Å²) in [5.74, 6) is -2.54. The molecule has 3 amide bonds. The van der Waals surface area contributed by atoms with Gasteiger partial charge in [-0.3, -0.25) is 19.2 Å². The Morgan fingerprint density at radius 3 is 2.03 bits per heavy atom. The predicted octanol–water partition coefficient (Wildman–Crippen LogP) is 0.475. The van der Waals surface area contributed by atoms with Crippen LogP contribution in [-0.4, -0.2) is 58.6 Å².